The highest BCUT2D eigenvalue weighted by Crippen LogP contribution is 2.53. The first-order valence-corrected chi connectivity index (χ1v) is 29.3. The number of hydrogen-bond donors (Lipinski definition) is 2. The van der Waals surface area contributed by atoms with Gasteiger partial charge in [-0.3, -0.25) is 29.3 Å². The highest BCUT2D eigenvalue weighted by Gasteiger charge is 2.61. The number of ether oxygens (including phenoxy) is 5. The van der Waals surface area contributed by atoms with Crippen LogP contribution in [0.25, 0.3) is 33.4 Å². The second-order valence-electron chi connectivity index (χ2n) is 24.0. The minimum Gasteiger partial charge on any atom is -0.464 e. The van der Waals surface area contributed by atoms with E-state index in [0.717, 1.165) is 120 Å². The fraction of sp³-hybridized carbons (Fsp3) is 0.672. The first kappa shape index (κ1) is 51.4. The Balaban J connectivity index is 0.999. The molecule has 404 valence electrons. The molecule has 3 aromatic heterocycles. The summed E-state index contributed by atoms with van der Waals surface area (Å²) < 4.78 is 33.7. The maximum Gasteiger partial charge on any atom is 0.324 e. The Morgan fingerprint density at radius 1 is 0.973 bits per heavy atom. The maximum absolute atomic E-state index is 15.2. The zero-order valence-corrected chi connectivity index (χ0v) is 45.6. The lowest BCUT2D eigenvalue weighted by Crippen LogP contribution is -2.64. The second kappa shape index (κ2) is 21.1. The molecule has 1 aromatic carbocycles. The van der Waals surface area contributed by atoms with Crippen LogP contribution in [0.2, 0.25) is 0 Å². The number of likely N-dealkylation sites (tertiary alicyclic amines) is 2. The Labute approximate surface area is 445 Å². The van der Waals surface area contributed by atoms with Crippen LogP contribution in [0.15, 0.2) is 35.8 Å². The molecule has 0 spiro atoms. The molecule has 17 heteroatoms. The van der Waals surface area contributed by atoms with Crippen LogP contribution in [-0.2, 0) is 51.0 Å². The molecule has 0 radical (unpaired) electrons. The molecule has 9 aliphatic rings. The van der Waals surface area contributed by atoms with Crippen molar-refractivity contribution in [2.24, 2.45) is 11.3 Å². The summed E-state index contributed by atoms with van der Waals surface area (Å²) in [7, 11) is 1.76. The zero-order valence-electron chi connectivity index (χ0n) is 44.8. The second-order valence-corrected chi connectivity index (χ2v) is 24.9. The number of fused-ring (bicyclic) bond motifs is 7. The molecule has 2 N–H and O–H groups in total. The summed E-state index contributed by atoms with van der Waals surface area (Å²) >= 11 is 1.54. The summed E-state index contributed by atoms with van der Waals surface area (Å²) in [6, 6.07) is 7.59. The van der Waals surface area contributed by atoms with E-state index in [9.17, 15) is 9.59 Å². The van der Waals surface area contributed by atoms with Crippen LogP contribution in [0, 0.1) is 11.3 Å². The van der Waals surface area contributed by atoms with Crippen LogP contribution >= 0.6 is 11.3 Å². The SMILES string of the molecule is CO[C@@H](C)c1ncc(C2CCN(C3CC3)CC2)cc1-c1c2c3cc(ccc3n1CCOC1CCOCC1)-c1csc(n1)[C@@H](N1CCCC1)[C@H](NC(=O)C13CC(C1)[C@H](C)O3)C(=O)N1CCC[C@H](N1)C(=O)OCC(C)(C)C2. The van der Waals surface area contributed by atoms with Gasteiger partial charge in [-0.25, -0.2) is 10.4 Å². The molecule has 8 bridgehead atoms. The number of esters is 1. The lowest BCUT2D eigenvalue weighted by atomic mass is 9.72. The van der Waals surface area contributed by atoms with Gasteiger partial charge in [-0.1, -0.05) is 19.9 Å². The number of rotatable bonds is 12. The van der Waals surface area contributed by atoms with Gasteiger partial charge in [0.2, 0.25) is 0 Å². The summed E-state index contributed by atoms with van der Waals surface area (Å²) in [5, 5.41) is 8.81. The number of nitrogens with zero attached hydrogens (tertiary/aromatic N) is 6. The average molecular weight is 1050 g/mol. The number of piperidine rings is 1. The molecule has 16 nitrogen and oxygen atoms in total. The topological polar surface area (TPSA) is 162 Å². The summed E-state index contributed by atoms with van der Waals surface area (Å²) in [6.07, 6.45) is 13.5. The van der Waals surface area contributed by atoms with Crippen molar-refractivity contribution in [1.82, 2.24) is 40.1 Å². The number of aromatic nitrogens is 3. The number of amides is 2. The lowest BCUT2D eigenvalue weighted by Gasteiger charge is -2.41. The number of pyridine rings is 1. The number of carbonyl (C=O) groups is 3. The van der Waals surface area contributed by atoms with Gasteiger partial charge in [0, 0.05) is 78.5 Å². The van der Waals surface area contributed by atoms with Crippen LogP contribution in [0.4, 0.5) is 0 Å². The Hall–Kier alpha value is -4.33. The smallest absolute Gasteiger partial charge is 0.324 e. The summed E-state index contributed by atoms with van der Waals surface area (Å²) in [5.41, 5.74) is 10.1. The minimum absolute atomic E-state index is 0.0120. The van der Waals surface area contributed by atoms with Crippen molar-refractivity contribution in [3.05, 3.63) is 57.7 Å². The molecule has 5 atom stereocenters. The van der Waals surface area contributed by atoms with E-state index in [2.05, 4.69) is 81.7 Å². The summed E-state index contributed by atoms with van der Waals surface area (Å²) in [4.78, 5) is 59.9. The molecule has 8 fully saturated rings. The van der Waals surface area contributed by atoms with Gasteiger partial charge in [-0.05, 0) is 165 Å². The van der Waals surface area contributed by atoms with Crippen molar-refractivity contribution in [3.63, 3.8) is 0 Å². The molecule has 0 unspecified atom stereocenters. The first-order chi connectivity index (χ1) is 36.3. The van der Waals surface area contributed by atoms with Crippen molar-refractivity contribution < 1.29 is 38.1 Å². The number of benzene rings is 1. The van der Waals surface area contributed by atoms with Crippen molar-refractivity contribution in [1.29, 1.82) is 0 Å². The van der Waals surface area contributed by atoms with Gasteiger partial charge in [0.25, 0.3) is 11.8 Å². The Kier molecular flexibility index (Phi) is 14.5. The number of nitrogens with one attached hydrogen (secondary N) is 2. The van der Waals surface area contributed by atoms with Crippen molar-refractivity contribution in [3.8, 4) is 22.5 Å². The number of methoxy groups -OCH3 is 1. The van der Waals surface area contributed by atoms with Gasteiger partial charge in [-0.2, -0.15) is 0 Å². The molecule has 7 aliphatic heterocycles. The van der Waals surface area contributed by atoms with Gasteiger partial charge in [0.15, 0.2) is 0 Å². The van der Waals surface area contributed by atoms with E-state index in [4.69, 9.17) is 33.7 Å². The number of hydrazine groups is 1. The van der Waals surface area contributed by atoms with Gasteiger partial charge in [-0.15, -0.1) is 11.3 Å². The van der Waals surface area contributed by atoms with Crippen molar-refractivity contribution >= 4 is 40.0 Å². The number of hydrogen-bond acceptors (Lipinski definition) is 14. The van der Waals surface area contributed by atoms with Gasteiger partial charge in [0.05, 0.1) is 54.6 Å². The number of carbonyl (C=O) groups excluding carboxylic acids is 3. The molecule has 2 amide bonds. The third kappa shape index (κ3) is 10.2. The highest BCUT2D eigenvalue weighted by molar-refractivity contribution is 7.10. The standard InChI is InChI=1S/C58H78N8O8S/c1-35-40-29-58(30-40,74-35)56(69)61-50-52(64-18-6-7-19-64)53-60-47(33-75-53)38-10-13-48-43(27-38)45(31-57(3,4)34-73-55(68)46-9-8-20-66(62-46)54(50)67)51(65(48)23-26-72-42-16-24-71-25-17-42)44-28-39(32-59-49(44)36(2)70-5)37-14-21-63(22-15-37)41-11-12-41/h10,13,27-28,32-33,35-37,40-42,46,50,52,62H,6-9,11-12,14-26,29-31,34H2,1-5H3,(H,61,69)/t35-,36-,40?,46-,50-,52-,58?/m0/s1. The first-order valence-electron chi connectivity index (χ1n) is 28.4. The molecule has 10 heterocycles. The van der Waals surface area contributed by atoms with E-state index < -0.39 is 35.1 Å². The monoisotopic (exact) mass is 1050 g/mol. The largest absolute Gasteiger partial charge is 0.464 e. The summed E-state index contributed by atoms with van der Waals surface area (Å²) in [6.45, 7) is 15.3. The highest BCUT2D eigenvalue weighted by atomic mass is 32.1. The van der Waals surface area contributed by atoms with E-state index in [1.54, 1.807) is 12.1 Å². The predicted octanol–water partition coefficient (Wildman–Crippen LogP) is 7.88. The van der Waals surface area contributed by atoms with E-state index >= 15 is 4.79 Å². The summed E-state index contributed by atoms with van der Waals surface area (Å²) in [5.74, 6) is -0.210. The Bertz CT molecular complexity index is 2750. The number of cyclic esters (lactones) is 1. The fourth-order valence-electron chi connectivity index (χ4n) is 13.6. The van der Waals surface area contributed by atoms with E-state index in [0.29, 0.717) is 76.9 Å². The Morgan fingerprint density at radius 3 is 2.49 bits per heavy atom. The van der Waals surface area contributed by atoms with Gasteiger partial charge in [0.1, 0.15) is 22.7 Å². The van der Waals surface area contributed by atoms with Crippen LogP contribution in [0.3, 0.4) is 0 Å². The van der Waals surface area contributed by atoms with Crippen LogP contribution in [0.1, 0.15) is 145 Å². The van der Waals surface area contributed by atoms with Gasteiger partial charge < -0.3 is 38.5 Å². The molecule has 13 rings (SSSR count). The van der Waals surface area contributed by atoms with E-state index in [-0.39, 0.29) is 36.7 Å². The number of thiazole rings is 1. The molecule has 4 aromatic rings. The fourth-order valence-corrected chi connectivity index (χ4v) is 14.6. The van der Waals surface area contributed by atoms with Gasteiger partial charge >= 0.3 is 5.97 Å². The molecular weight excluding hydrogens is 969 g/mol. The molecule has 75 heavy (non-hydrogen) atoms. The molecule has 6 saturated heterocycles. The van der Waals surface area contributed by atoms with Crippen molar-refractivity contribution in [2.75, 3.05) is 66.3 Å². The quantitative estimate of drug-likeness (QED) is 0.132. The third-order valence-electron chi connectivity index (χ3n) is 18.1. The van der Waals surface area contributed by atoms with E-state index in [1.165, 1.54) is 29.7 Å². The predicted molar refractivity (Wildman–Crippen MR) is 286 cm³/mol. The molecular formula is C58H78N8O8S. The third-order valence-corrected chi connectivity index (χ3v) is 19.1. The van der Waals surface area contributed by atoms with E-state index in [1.807, 2.05) is 6.92 Å². The van der Waals surface area contributed by atoms with Crippen LogP contribution in [0.5, 0.6) is 0 Å². The van der Waals surface area contributed by atoms with Crippen LogP contribution in [-0.4, -0.2) is 149 Å². The normalized spacial score (nSPS) is 29.6. The minimum atomic E-state index is -0.990. The maximum atomic E-state index is 15.2. The average Bonchev–Trinajstić information content (AvgIpc) is 3.83. The molecule has 2 saturated carbocycles. The molecule has 2 aliphatic carbocycles. The van der Waals surface area contributed by atoms with Crippen molar-refractivity contribution in [2.45, 2.75) is 172 Å². The Morgan fingerprint density at radius 2 is 1.76 bits per heavy atom. The van der Waals surface area contributed by atoms with Crippen LogP contribution < -0.4 is 10.7 Å². The zero-order chi connectivity index (χ0) is 51.6. The lowest BCUT2D eigenvalue weighted by molar-refractivity contribution is -0.157.